The molecule has 0 bridgehead atoms. The summed E-state index contributed by atoms with van der Waals surface area (Å²) in [6, 6.07) is 8.91. The molecular formula is C16H21N3O5. The minimum Gasteiger partial charge on any atom is -0.385 e. The van der Waals surface area contributed by atoms with E-state index in [0.29, 0.717) is 0 Å². The predicted octanol–water partition coefficient (Wildman–Crippen LogP) is 2.12. The zero-order valence-corrected chi connectivity index (χ0v) is 13.7. The Labute approximate surface area is 139 Å². The highest BCUT2D eigenvalue weighted by atomic mass is 16.8. The number of hydrogen-bond donors (Lipinski definition) is 1. The third-order valence-electron chi connectivity index (χ3n) is 4.16. The van der Waals surface area contributed by atoms with Crippen molar-refractivity contribution in [1.29, 1.82) is 0 Å². The Balaban J connectivity index is 1.77. The highest BCUT2D eigenvalue weighted by Crippen LogP contribution is 2.40. The predicted molar refractivity (Wildman–Crippen MR) is 83.8 cm³/mol. The Bertz CT molecular complexity index is 619. The average molecular weight is 335 g/mol. The van der Waals surface area contributed by atoms with E-state index in [4.69, 9.17) is 24.5 Å². The fraction of sp³-hybridized carbons (Fsp3) is 0.625. The summed E-state index contributed by atoms with van der Waals surface area (Å²) in [7, 11) is 0. The maximum absolute atomic E-state index is 10.8. The standard InChI is InChI=1S/C16H21N3O5/c1-15(2)23-10-16(24-15)14(20)13(12(9-22-16)18-19-17)21-8-11-6-4-3-5-7-11/h3-7,12-14,20H,8-10H2,1-2H3/t12-,13+,14+,16-/m0/s1. The number of aliphatic hydroxyl groups excluding tert-OH is 1. The summed E-state index contributed by atoms with van der Waals surface area (Å²) in [4.78, 5) is 2.82. The molecule has 0 radical (unpaired) electrons. The molecule has 1 aromatic carbocycles. The van der Waals surface area contributed by atoms with Crippen LogP contribution in [0.2, 0.25) is 0 Å². The van der Waals surface area contributed by atoms with Crippen molar-refractivity contribution in [2.24, 2.45) is 5.11 Å². The molecule has 130 valence electrons. The number of hydrogen-bond acceptors (Lipinski definition) is 6. The van der Waals surface area contributed by atoms with Gasteiger partial charge in [0.2, 0.25) is 5.79 Å². The topological polar surface area (TPSA) is 106 Å². The van der Waals surface area contributed by atoms with Crippen molar-refractivity contribution in [2.75, 3.05) is 13.2 Å². The molecule has 8 heteroatoms. The molecule has 24 heavy (non-hydrogen) atoms. The lowest BCUT2D eigenvalue weighted by molar-refractivity contribution is -0.328. The monoisotopic (exact) mass is 335 g/mol. The van der Waals surface area contributed by atoms with Crippen LogP contribution in [0.5, 0.6) is 0 Å². The third kappa shape index (κ3) is 3.39. The second-order valence-corrected chi connectivity index (χ2v) is 6.39. The van der Waals surface area contributed by atoms with Crippen LogP contribution in [-0.2, 0) is 25.6 Å². The van der Waals surface area contributed by atoms with Gasteiger partial charge in [0.05, 0.1) is 25.4 Å². The van der Waals surface area contributed by atoms with Gasteiger partial charge >= 0.3 is 0 Å². The van der Waals surface area contributed by atoms with Crippen LogP contribution < -0.4 is 0 Å². The molecule has 1 aromatic rings. The molecule has 4 atom stereocenters. The second-order valence-electron chi connectivity index (χ2n) is 6.39. The van der Waals surface area contributed by atoms with E-state index in [9.17, 15) is 5.11 Å². The maximum Gasteiger partial charge on any atom is 0.224 e. The van der Waals surface area contributed by atoms with Crippen molar-refractivity contribution in [2.45, 2.75) is 50.3 Å². The van der Waals surface area contributed by atoms with Crippen LogP contribution in [0.3, 0.4) is 0 Å². The number of benzene rings is 1. The lowest BCUT2D eigenvalue weighted by atomic mass is 9.95. The molecule has 8 nitrogen and oxygen atoms in total. The first-order chi connectivity index (χ1) is 11.5. The molecule has 0 aliphatic carbocycles. The summed E-state index contributed by atoms with van der Waals surface area (Å²) < 4.78 is 22.9. The van der Waals surface area contributed by atoms with Crippen LogP contribution in [0, 0.1) is 0 Å². The lowest BCUT2D eigenvalue weighted by Gasteiger charge is -2.43. The third-order valence-corrected chi connectivity index (χ3v) is 4.16. The van der Waals surface area contributed by atoms with Gasteiger partial charge < -0.3 is 24.1 Å². The first kappa shape index (κ1) is 17.2. The van der Waals surface area contributed by atoms with Gasteiger partial charge in [0.15, 0.2) is 5.79 Å². The summed E-state index contributed by atoms with van der Waals surface area (Å²) in [5.74, 6) is -2.18. The van der Waals surface area contributed by atoms with Crippen LogP contribution >= 0.6 is 0 Å². The quantitative estimate of drug-likeness (QED) is 0.515. The molecule has 3 rings (SSSR count). The summed E-state index contributed by atoms with van der Waals surface area (Å²) in [6.07, 6.45) is -1.90. The van der Waals surface area contributed by atoms with Crippen molar-refractivity contribution in [3.05, 3.63) is 46.3 Å². The minimum absolute atomic E-state index is 0.0787. The van der Waals surface area contributed by atoms with Crippen LogP contribution in [-0.4, -0.2) is 48.1 Å². The average Bonchev–Trinajstić information content (AvgIpc) is 2.88. The van der Waals surface area contributed by atoms with E-state index in [1.54, 1.807) is 13.8 Å². The molecule has 2 fully saturated rings. The van der Waals surface area contributed by atoms with Crippen LogP contribution in [0.25, 0.3) is 10.4 Å². The van der Waals surface area contributed by atoms with Crippen molar-refractivity contribution < 1.29 is 24.1 Å². The Kier molecular flexibility index (Phi) is 4.78. The maximum atomic E-state index is 10.8. The largest absolute Gasteiger partial charge is 0.385 e. The molecule has 0 unspecified atom stereocenters. The van der Waals surface area contributed by atoms with E-state index in [1.807, 2.05) is 30.3 Å². The zero-order valence-electron chi connectivity index (χ0n) is 13.7. The Hall–Kier alpha value is -1.67. The van der Waals surface area contributed by atoms with E-state index in [1.165, 1.54) is 0 Å². The van der Waals surface area contributed by atoms with Crippen molar-refractivity contribution in [1.82, 2.24) is 0 Å². The number of ether oxygens (including phenoxy) is 4. The number of azide groups is 1. The van der Waals surface area contributed by atoms with Gasteiger partial charge in [-0.25, -0.2) is 0 Å². The van der Waals surface area contributed by atoms with Crippen molar-refractivity contribution >= 4 is 0 Å². The molecule has 2 heterocycles. The first-order valence-corrected chi connectivity index (χ1v) is 7.82. The Morgan fingerprint density at radius 2 is 2.08 bits per heavy atom. The second kappa shape index (κ2) is 6.68. The first-order valence-electron chi connectivity index (χ1n) is 7.82. The van der Waals surface area contributed by atoms with Crippen molar-refractivity contribution in [3.63, 3.8) is 0 Å². The highest BCUT2D eigenvalue weighted by Gasteiger charge is 2.58. The molecule has 2 saturated heterocycles. The van der Waals surface area contributed by atoms with E-state index in [-0.39, 0.29) is 19.8 Å². The van der Waals surface area contributed by atoms with Gasteiger partial charge in [-0.2, -0.15) is 0 Å². The molecule has 0 amide bonds. The van der Waals surface area contributed by atoms with Crippen LogP contribution in [0.4, 0.5) is 0 Å². The van der Waals surface area contributed by atoms with Gasteiger partial charge in [-0.3, -0.25) is 0 Å². The highest BCUT2D eigenvalue weighted by molar-refractivity contribution is 5.13. The summed E-state index contributed by atoms with van der Waals surface area (Å²) in [5.41, 5.74) is 9.71. The van der Waals surface area contributed by atoms with E-state index in [0.717, 1.165) is 5.56 Å². The van der Waals surface area contributed by atoms with Gasteiger partial charge in [0.1, 0.15) is 12.7 Å². The van der Waals surface area contributed by atoms with E-state index in [2.05, 4.69) is 10.0 Å². The molecule has 1 spiro atoms. The molecular weight excluding hydrogens is 314 g/mol. The fourth-order valence-electron chi connectivity index (χ4n) is 2.97. The fourth-order valence-corrected chi connectivity index (χ4v) is 2.97. The smallest absolute Gasteiger partial charge is 0.224 e. The Morgan fingerprint density at radius 1 is 1.33 bits per heavy atom. The van der Waals surface area contributed by atoms with E-state index < -0.39 is 29.8 Å². The molecule has 1 N–H and O–H groups in total. The molecule has 2 aliphatic heterocycles. The van der Waals surface area contributed by atoms with Gasteiger partial charge in [0, 0.05) is 4.91 Å². The molecule has 2 aliphatic rings. The summed E-state index contributed by atoms with van der Waals surface area (Å²) >= 11 is 0. The number of nitrogens with zero attached hydrogens (tertiary/aromatic N) is 3. The van der Waals surface area contributed by atoms with Crippen molar-refractivity contribution in [3.8, 4) is 0 Å². The van der Waals surface area contributed by atoms with E-state index >= 15 is 0 Å². The minimum atomic E-state index is -1.31. The SMILES string of the molecule is CC1(C)OC[C@]2(OC[C@H](N=[N+]=[N-])[C@@H](OCc3ccccc3)[C@H]2O)O1. The number of aliphatic hydroxyl groups is 1. The zero-order chi connectivity index (χ0) is 17.2. The Morgan fingerprint density at radius 3 is 2.71 bits per heavy atom. The van der Waals surface area contributed by atoms with Crippen LogP contribution in [0.1, 0.15) is 19.4 Å². The van der Waals surface area contributed by atoms with Crippen LogP contribution in [0.15, 0.2) is 35.4 Å². The number of rotatable bonds is 4. The molecule has 0 aromatic heterocycles. The summed E-state index contributed by atoms with van der Waals surface area (Å²) in [5, 5.41) is 14.5. The lowest BCUT2D eigenvalue weighted by Crippen LogP contribution is -2.62. The van der Waals surface area contributed by atoms with Gasteiger partial charge in [0.25, 0.3) is 0 Å². The normalized spacial score (nSPS) is 34.9. The van der Waals surface area contributed by atoms with Gasteiger partial charge in [-0.05, 0) is 24.9 Å². The van der Waals surface area contributed by atoms with Gasteiger partial charge in [-0.15, -0.1) is 0 Å². The molecule has 0 saturated carbocycles. The van der Waals surface area contributed by atoms with Gasteiger partial charge in [-0.1, -0.05) is 35.4 Å². The summed E-state index contributed by atoms with van der Waals surface area (Å²) in [6.45, 7) is 3.93.